The van der Waals surface area contributed by atoms with Gasteiger partial charge in [-0.05, 0) is 59.4 Å². The maximum Gasteiger partial charge on any atom is 0.166 e. The summed E-state index contributed by atoms with van der Waals surface area (Å²) in [6.45, 7) is 14.2. The lowest BCUT2D eigenvalue weighted by atomic mass is 9.99. The Morgan fingerprint density at radius 1 is 1.17 bits per heavy atom. The SMILES string of the molecule is C#Cc1ccc(OC(=C)c2sccc2C(=C)C=C(C=C)c2cccc(C)c2)c(F)c1. The zero-order valence-electron chi connectivity index (χ0n) is 16.7. The monoisotopic (exact) mass is 412 g/mol. The van der Waals surface area contributed by atoms with Crippen molar-refractivity contribution in [1.29, 1.82) is 0 Å². The number of hydrogen-bond acceptors (Lipinski definition) is 2. The first kappa shape index (κ1) is 21.1. The van der Waals surface area contributed by atoms with Gasteiger partial charge in [0.1, 0.15) is 5.76 Å². The van der Waals surface area contributed by atoms with Gasteiger partial charge < -0.3 is 4.74 Å². The van der Waals surface area contributed by atoms with E-state index in [-0.39, 0.29) is 5.75 Å². The molecule has 0 atom stereocenters. The average molecular weight is 413 g/mol. The molecule has 148 valence electrons. The Bertz CT molecular complexity index is 1200. The van der Waals surface area contributed by atoms with Crippen molar-refractivity contribution in [3.05, 3.63) is 119 Å². The smallest absolute Gasteiger partial charge is 0.166 e. The van der Waals surface area contributed by atoms with Gasteiger partial charge >= 0.3 is 0 Å². The third-order valence-electron chi connectivity index (χ3n) is 4.50. The molecule has 0 bridgehead atoms. The minimum atomic E-state index is -0.531. The second-order valence-electron chi connectivity index (χ2n) is 6.68. The molecule has 1 aromatic heterocycles. The topological polar surface area (TPSA) is 9.23 Å². The van der Waals surface area contributed by atoms with Crippen LogP contribution in [0.25, 0.3) is 16.9 Å². The Hall–Kier alpha value is -3.61. The van der Waals surface area contributed by atoms with E-state index in [1.165, 1.54) is 29.0 Å². The summed E-state index contributed by atoms with van der Waals surface area (Å²) in [5, 5.41) is 1.93. The zero-order chi connectivity index (χ0) is 21.7. The summed E-state index contributed by atoms with van der Waals surface area (Å²) >= 11 is 1.46. The molecule has 0 spiro atoms. The Labute approximate surface area is 181 Å². The summed E-state index contributed by atoms with van der Waals surface area (Å²) in [6.07, 6.45) is 9.09. The fourth-order valence-electron chi connectivity index (χ4n) is 2.98. The zero-order valence-corrected chi connectivity index (χ0v) is 17.6. The molecular weight excluding hydrogens is 391 g/mol. The highest BCUT2D eigenvalue weighted by Gasteiger charge is 2.14. The van der Waals surface area contributed by atoms with Gasteiger partial charge in [0.05, 0.1) is 4.88 Å². The van der Waals surface area contributed by atoms with Crippen molar-refractivity contribution in [3.8, 4) is 18.1 Å². The molecule has 2 aromatic carbocycles. The second kappa shape index (κ2) is 9.26. The van der Waals surface area contributed by atoms with Gasteiger partial charge in [-0.3, -0.25) is 0 Å². The molecule has 1 heterocycles. The molecule has 0 fully saturated rings. The molecule has 30 heavy (non-hydrogen) atoms. The number of aryl methyl sites for hydroxylation is 1. The normalized spacial score (nSPS) is 10.9. The van der Waals surface area contributed by atoms with Crippen LogP contribution in [-0.2, 0) is 0 Å². The van der Waals surface area contributed by atoms with Crippen LogP contribution in [0.15, 0.2) is 85.8 Å². The van der Waals surface area contributed by atoms with E-state index in [0.29, 0.717) is 11.3 Å². The minimum absolute atomic E-state index is 0.0750. The van der Waals surface area contributed by atoms with Crippen LogP contribution in [0.5, 0.6) is 5.75 Å². The van der Waals surface area contributed by atoms with Gasteiger partial charge in [-0.2, -0.15) is 0 Å². The van der Waals surface area contributed by atoms with Crippen molar-refractivity contribution in [2.75, 3.05) is 0 Å². The molecular formula is C27H21FOS. The van der Waals surface area contributed by atoms with Crippen molar-refractivity contribution in [1.82, 2.24) is 0 Å². The largest absolute Gasteiger partial charge is 0.453 e. The molecule has 0 saturated carbocycles. The molecule has 0 unspecified atom stereocenters. The molecule has 0 aliphatic carbocycles. The summed E-state index contributed by atoms with van der Waals surface area (Å²) in [5.41, 5.74) is 5.31. The van der Waals surface area contributed by atoms with Gasteiger partial charge in [0.25, 0.3) is 0 Å². The lowest BCUT2D eigenvalue weighted by Crippen LogP contribution is -1.97. The molecule has 0 amide bonds. The van der Waals surface area contributed by atoms with E-state index in [9.17, 15) is 4.39 Å². The first-order valence-electron chi connectivity index (χ1n) is 9.24. The van der Waals surface area contributed by atoms with Crippen molar-refractivity contribution < 1.29 is 9.13 Å². The molecule has 0 saturated heterocycles. The quantitative estimate of drug-likeness (QED) is 0.222. The summed E-state index contributed by atoms with van der Waals surface area (Å²) < 4.78 is 19.9. The van der Waals surface area contributed by atoms with E-state index in [4.69, 9.17) is 11.2 Å². The Morgan fingerprint density at radius 2 is 1.97 bits per heavy atom. The summed E-state index contributed by atoms with van der Waals surface area (Å²) in [5.74, 6) is 2.29. The van der Waals surface area contributed by atoms with Crippen LogP contribution in [-0.4, -0.2) is 0 Å². The highest BCUT2D eigenvalue weighted by atomic mass is 32.1. The molecule has 3 heteroatoms. The Kier molecular flexibility index (Phi) is 6.51. The third kappa shape index (κ3) is 4.68. The molecule has 0 aliphatic heterocycles. The first-order chi connectivity index (χ1) is 14.4. The van der Waals surface area contributed by atoms with E-state index in [2.05, 4.69) is 31.7 Å². The summed E-state index contributed by atoms with van der Waals surface area (Å²) in [7, 11) is 0. The highest BCUT2D eigenvalue weighted by Crippen LogP contribution is 2.33. The first-order valence-corrected chi connectivity index (χ1v) is 10.1. The van der Waals surface area contributed by atoms with Gasteiger partial charge in [0.2, 0.25) is 0 Å². The molecule has 3 aromatic rings. The minimum Gasteiger partial charge on any atom is -0.453 e. The van der Waals surface area contributed by atoms with Crippen molar-refractivity contribution in [3.63, 3.8) is 0 Å². The molecule has 0 N–H and O–H groups in total. The van der Waals surface area contributed by atoms with E-state index >= 15 is 0 Å². The lowest BCUT2D eigenvalue weighted by molar-refractivity contribution is 0.468. The fraction of sp³-hybridized carbons (Fsp3) is 0.0370. The number of rotatable bonds is 7. The van der Waals surface area contributed by atoms with Crippen LogP contribution in [0.1, 0.15) is 27.1 Å². The van der Waals surface area contributed by atoms with Crippen molar-refractivity contribution in [2.45, 2.75) is 6.92 Å². The van der Waals surface area contributed by atoms with E-state index in [0.717, 1.165) is 27.2 Å². The number of halogens is 1. The maximum atomic E-state index is 14.2. The van der Waals surface area contributed by atoms with Crippen molar-refractivity contribution in [2.24, 2.45) is 0 Å². The molecule has 3 rings (SSSR count). The average Bonchev–Trinajstić information content (AvgIpc) is 3.23. The van der Waals surface area contributed by atoms with Gasteiger partial charge in [-0.25, -0.2) is 4.39 Å². The van der Waals surface area contributed by atoms with E-state index in [1.807, 2.05) is 42.6 Å². The van der Waals surface area contributed by atoms with E-state index < -0.39 is 5.82 Å². The lowest BCUT2D eigenvalue weighted by Gasteiger charge is -2.11. The number of benzene rings is 2. The van der Waals surface area contributed by atoms with Crippen LogP contribution < -0.4 is 4.74 Å². The summed E-state index contributed by atoms with van der Waals surface area (Å²) in [6, 6.07) is 14.5. The second-order valence-corrected chi connectivity index (χ2v) is 7.59. The maximum absolute atomic E-state index is 14.2. The molecule has 0 radical (unpaired) electrons. The van der Waals surface area contributed by atoms with Crippen LogP contribution in [0.4, 0.5) is 4.39 Å². The number of terminal acetylenes is 1. The van der Waals surface area contributed by atoms with Crippen LogP contribution in [0.2, 0.25) is 0 Å². The van der Waals surface area contributed by atoms with Gasteiger partial charge in [0, 0.05) is 11.1 Å². The van der Waals surface area contributed by atoms with Crippen LogP contribution in [0, 0.1) is 25.1 Å². The van der Waals surface area contributed by atoms with Gasteiger partial charge in [-0.15, -0.1) is 17.8 Å². The molecule has 1 nitrogen and oxygen atoms in total. The standard InChI is InChI=1S/C27H21FOS/c1-6-21-11-12-26(25(28)17-21)29-20(5)27-24(13-14-30-27)19(4)16-22(7-2)23-10-8-9-18(3)15-23/h1,7-17H,2,4-5H2,3H3. The Balaban J connectivity index is 1.87. The number of thiophene rings is 1. The van der Waals surface area contributed by atoms with Gasteiger partial charge in [0.15, 0.2) is 11.6 Å². The number of ether oxygens (including phenoxy) is 1. The van der Waals surface area contributed by atoms with Crippen LogP contribution in [0.3, 0.4) is 0 Å². The predicted octanol–water partition coefficient (Wildman–Crippen LogP) is 7.51. The number of hydrogen-bond donors (Lipinski definition) is 0. The van der Waals surface area contributed by atoms with Crippen molar-refractivity contribution >= 4 is 28.2 Å². The highest BCUT2D eigenvalue weighted by molar-refractivity contribution is 7.11. The fourth-order valence-corrected chi connectivity index (χ4v) is 3.82. The van der Waals surface area contributed by atoms with Crippen LogP contribution >= 0.6 is 11.3 Å². The molecule has 0 aliphatic rings. The summed E-state index contributed by atoms with van der Waals surface area (Å²) in [4.78, 5) is 0.782. The number of allylic oxidation sites excluding steroid dienone is 4. The Morgan fingerprint density at radius 3 is 2.63 bits per heavy atom. The predicted molar refractivity (Wildman–Crippen MR) is 127 cm³/mol. The third-order valence-corrected chi connectivity index (χ3v) is 5.45. The van der Waals surface area contributed by atoms with Gasteiger partial charge in [-0.1, -0.05) is 61.6 Å². The van der Waals surface area contributed by atoms with E-state index in [1.54, 1.807) is 12.1 Å².